The summed E-state index contributed by atoms with van der Waals surface area (Å²) in [5, 5.41) is 5.12. The molecule has 0 bridgehead atoms. The van der Waals surface area contributed by atoms with E-state index in [9.17, 15) is 13.6 Å². The number of alkyl halides is 2. The second kappa shape index (κ2) is 9.10. The summed E-state index contributed by atoms with van der Waals surface area (Å²) in [6.45, 7) is 0.792. The van der Waals surface area contributed by atoms with Gasteiger partial charge in [-0.2, -0.15) is 8.78 Å². The Balaban J connectivity index is 2.03. The summed E-state index contributed by atoms with van der Waals surface area (Å²) in [5.41, 5.74) is 0.569. The first kappa shape index (κ1) is 19.6. The van der Waals surface area contributed by atoms with Gasteiger partial charge < -0.3 is 14.8 Å². The first-order chi connectivity index (χ1) is 12.3. The van der Waals surface area contributed by atoms with E-state index in [2.05, 4.69) is 15.4 Å². The van der Waals surface area contributed by atoms with Gasteiger partial charge in [-0.15, -0.1) is 0 Å². The Morgan fingerprint density at radius 3 is 2.50 bits per heavy atom. The lowest BCUT2D eigenvalue weighted by Gasteiger charge is -2.14. The molecule has 0 atom stereocenters. The van der Waals surface area contributed by atoms with E-state index in [1.54, 1.807) is 36.4 Å². The number of ether oxygens (including phenoxy) is 2. The number of carbonyl (C=O) groups is 1. The molecule has 138 valence electrons. The van der Waals surface area contributed by atoms with Crippen LogP contribution in [0.1, 0.15) is 24.2 Å². The van der Waals surface area contributed by atoms with Crippen molar-refractivity contribution in [1.29, 1.82) is 0 Å². The Kier molecular flexibility index (Phi) is 6.85. The number of amides is 1. The first-order valence-electron chi connectivity index (χ1n) is 7.78. The molecular weight excluding hydrogens is 362 g/mol. The highest BCUT2D eigenvalue weighted by molar-refractivity contribution is 7.80. The fraction of sp³-hybridized carbons (Fsp3) is 0.222. The highest BCUT2D eigenvalue weighted by Crippen LogP contribution is 2.25. The second-order valence-electron chi connectivity index (χ2n) is 5.48. The van der Waals surface area contributed by atoms with Gasteiger partial charge in [0.25, 0.3) is 5.91 Å². The average molecular weight is 380 g/mol. The number of anilines is 1. The molecule has 26 heavy (non-hydrogen) atoms. The number of carbonyl (C=O) groups excluding carboxylic acids is 1. The third-order valence-electron chi connectivity index (χ3n) is 3.05. The zero-order valence-corrected chi connectivity index (χ0v) is 15.0. The molecule has 0 saturated carbocycles. The number of thiocarbonyl (C=S) groups is 1. The van der Waals surface area contributed by atoms with Crippen molar-refractivity contribution in [2.45, 2.75) is 26.6 Å². The molecule has 2 N–H and O–H groups in total. The molecule has 1 amide bonds. The summed E-state index contributed by atoms with van der Waals surface area (Å²) in [5.74, 6) is 0.0256. The highest BCUT2D eigenvalue weighted by atomic mass is 32.1. The third-order valence-corrected chi connectivity index (χ3v) is 3.25. The van der Waals surface area contributed by atoms with E-state index in [0.717, 1.165) is 0 Å². The molecule has 0 unspecified atom stereocenters. The Hall–Kier alpha value is -2.74. The molecule has 0 aliphatic carbocycles. The van der Waals surface area contributed by atoms with E-state index in [1.165, 1.54) is 12.1 Å². The zero-order valence-electron chi connectivity index (χ0n) is 14.2. The largest absolute Gasteiger partial charge is 0.491 e. The fourth-order valence-corrected chi connectivity index (χ4v) is 2.28. The summed E-state index contributed by atoms with van der Waals surface area (Å²) in [4.78, 5) is 12.3. The maximum Gasteiger partial charge on any atom is 0.387 e. The van der Waals surface area contributed by atoms with Crippen molar-refractivity contribution in [3.05, 3.63) is 54.1 Å². The van der Waals surface area contributed by atoms with Crippen LogP contribution in [0.25, 0.3) is 0 Å². The lowest BCUT2D eigenvalue weighted by Crippen LogP contribution is -2.34. The molecule has 0 aliphatic heterocycles. The van der Waals surface area contributed by atoms with Crippen LogP contribution in [-0.4, -0.2) is 23.7 Å². The molecule has 0 aliphatic rings. The summed E-state index contributed by atoms with van der Waals surface area (Å²) in [6.07, 6.45) is -0.0256. The molecule has 0 aromatic heterocycles. The Morgan fingerprint density at radius 1 is 1.08 bits per heavy atom. The van der Waals surface area contributed by atoms with Gasteiger partial charge in [0.15, 0.2) is 5.11 Å². The molecule has 0 spiro atoms. The van der Waals surface area contributed by atoms with E-state index in [0.29, 0.717) is 11.3 Å². The predicted molar refractivity (Wildman–Crippen MR) is 99.0 cm³/mol. The molecule has 8 heteroatoms. The number of hydrogen-bond acceptors (Lipinski definition) is 4. The number of halogens is 2. The number of para-hydroxylation sites is 2. The number of hydrogen-bond donors (Lipinski definition) is 2. The van der Waals surface area contributed by atoms with Crippen molar-refractivity contribution < 1.29 is 23.0 Å². The molecule has 0 saturated heterocycles. The predicted octanol–water partition coefficient (Wildman–Crippen LogP) is 4.20. The number of rotatable bonds is 6. The van der Waals surface area contributed by atoms with Crippen LogP contribution >= 0.6 is 12.2 Å². The van der Waals surface area contributed by atoms with Crippen LogP contribution in [0.2, 0.25) is 0 Å². The Morgan fingerprint density at radius 2 is 1.81 bits per heavy atom. The molecule has 5 nitrogen and oxygen atoms in total. The minimum atomic E-state index is -2.97. The van der Waals surface area contributed by atoms with Crippen LogP contribution in [0.5, 0.6) is 11.5 Å². The maximum absolute atomic E-state index is 12.4. The van der Waals surface area contributed by atoms with E-state index in [-0.39, 0.29) is 22.7 Å². The Bertz CT molecular complexity index is 785. The van der Waals surface area contributed by atoms with Crippen molar-refractivity contribution in [2.24, 2.45) is 0 Å². The van der Waals surface area contributed by atoms with E-state index in [4.69, 9.17) is 17.0 Å². The van der Waals surface area contributed by atoms with Crippen LogP contribution in [0.15, 0.2) is 48.5 Å². The fourth-order valence-electron chi connectivity index (χ4n) is 2.08. The van der Waals surface area contributed by atoms with Gasteiger partial charge in [0.05, 0.1) is 11.8 Å². The van der Waals surface area contributed by atoms with Gasteiger partial charge in [0.1, 0.15) is 11.5 Å². The third kappa shape index (κ3) is 5.96. The van der Waals surface area contributed by atoms with Gasteiger partial charge in [-0.25, -0.2) is 0 Å². The van der Waals surface area contributed by atoms with Crippen LogP contribution in [0.3, 0.4) is 0 Å². The first-order valence-corrected chi connectivity index (χ1v) is 8.19. The van der Waals surface area contributed by atoms with Crippen LogP contribution in [0.4, 0.5) is 14.5 Å². The van der Waals surface area contributed by atoms with Gasteiger partial charge in [-0.05, 0) is 56.4 Å². The van der Waals surface area contributed by atoms with Crippen molar-refractivity contribution >= 4 is 28.9 Å². The average Bonchev–Trinajstić information content (AvgIpc) is 2.55. The van der Waals surface area contributed by atoms with Crippen molar-refractivity contribution in [3.8, 4) is 11.5 Å². The van der Waals surface area contributed by atoms with Gasteiger partial charge in [-0.3, -0.25) is 10.1 Å². The smallest absolute Gasteiger partial charge is 0.387 e. The monoisotopic (exact) mass is 380 g/mol. The SMILES string of the molecule is CC(C)Oc1cccc(C(=O)NC(=S)Nc2ccccc2OC(F)F)c1. The van der Waals surface area contributed by atoms with Crippen molar-refractivity contribution in [3.63, 3.8) is 0 Å². The normalized spacial score (nSPS) is 10.5. The van der Waals surface area contributed by atoms with Gasteiger partial charge in [0, 0.05) is 5.56 Å². The topological polar surface area (TPSA) is 59.6 Å². The zero-order chi connectivity index (χ0) is 19.1. The Labute approximate surface area is 155 Å². The van der Waals surface area contributed by atoms with E-state index < -0.39 is 12.5 Å². The van der Waals surface area contributed by atoms with Crippen LogP contribution in [-0.2, 0) is 0 Å². The summed E-state index contributed by atoms with van der Waals surface area (Å²) in [7, 11) is 0. The van der Waals surface area contributed by atoms with Gasteiger partial charge >= 0.3 is 6.61 Å². The lowest BCUT2D eigenvalue weighted by atomic mass is 10.2. The van der Waals surface area contributed by atoms with Crippen molar-refractivity contribution in [1.82, 2.24) is 5.32 Å². The van der Waals surface area contributed by atoms with Gasteiger partial charge in [0.2, 0.25) is 0 Å². The summed E-state index contributed by atoms with van der Waals surface area (Å²) in [6, 6.07) is 12.7. The standard InChI is InChI=1S/C18H18F2N2O3S/c1-11(2)24-13-7-5-6-12(10-13)16(23)22-18(26)21-14-8-3-4-9-15(14)25-17(19)20/h3-11,17H,1-2H3,(H2,21,22,23,26). The highest BCUT2D eigenvalue weighted by Gasteiger charge is 2.13. The summed E-state index contributed by atoms with van der Waals surface area (Å²) >= 11 is 5.07. The maximum atomic E-state index is 12.4. The molecule has 0 radical (unpaired) electrons. The van der Waals surface area contributed by atoms with E-state index in [1.807, 2.05) is 13.8 Å². The van der Waals surface area contributed by atoms with Crippen molar-refractivity contribution in [2.75, 3.05) is 5.32 Å². The molecule has 0 fully saturated rings. The lowest BCUT2D eigenvalue weighted by molar-refractivity contribution is -0.0493. The molecule has 2 aromatic carbocycles. The minimum Gasteiger partial charge on any atom is -0.491 e. The summed E-state index contributed by atoms with van der Waals surface area (Å²) < 4.78 is 34.8. The van der Waals surface area contributed by atoms with Crippen LogP contribution in [0, 0.1) is 0 Å². The second-order valence-corrected chi connectivity index (χ2v) is 5.89. The van der Waals surface area contributed by atoms with E-state index >= 15 is 0 Å². The molecule has 0 heterocycles. The molecular formula is C18H18F2N2O3S. The minimum absolute atomic E-state index is 0.0256. The molecule has 2 rings (SSSR count). The number of benzene rings is 2. The van der Waals surface area contributed by atoms with Gasteiger partial charge in [-0.1, -0.05) is 18.2 Å². The number of nitrogens with one attached hydrogen (secondary N) is 2. The van der Waals surface area contributed by atoms with Crippen LogP contribution < -0.4 is 20.1 Å². The quantitative estimate of drug-likeness (QED) is 0.736. The molecule has 2 aromatic rings.